The maximum Gasteiger partial charge on any atom is 0.0485 e. The van der Waals surface area contributed by atoms with E-state index in [1.165, 1.54) is 42.1 Å². The lowest BCUT2D eigenvalue weighted by Gasteiger charge is -2.26. The Morgan fingerprint density at radius 1 is 1.04 bits per heavy atom. The molecule has 1 atom stereocenters. The first-order chi connectivity index (χ1) is 12.4. The maximum absolute atomic E-state index is 3.86. The third-order valence-electron chi connectivity index (χ3n) is 5.56. The Kier molecular flexibility index (Phi) is 4.89. The van der Waals surface area contributed by atoms with Crippen molar-refractivity contribution in [1.29, 1.82) is 0 Å². The standard InChI is InChI=1S/C23H28N2/c1-2-25-22-16-7-6-13-19(22)20-14-8-15-21(23(20)25)24-17-9-12-18-10-4-3-5-11-18/h3-7,10-11,13,16,21,24H,2,8-9,12,14-15,17H2,1H3. The summed E-state index contributed by atoms with van der Waals surface area (Å²) in [6.07, 6.45) is 6.13. The molecule has 0 spiro atoms. The minimum Gasteiger partial charge on any atom is -0.343 e. The van der Waals surface area contributed by atoms with Gasteiger partial charge in [-0.25, -0.2) is 0 Å². The third kappa shape index (κ3) is 3.23. The number of nitrogens with zero attached hydrogens (tertiary/aromatic N) is 1. The molecule has 0 aliphatic heterocycles. The molecule has 1 aromatic heterocycles. The lowest BCUT2D eigenvalue weighted by molar-refractivity contribution is 0.433. The zero-order valence-corrected chi connectivity index (χ0v) is 15.2. The van der Waals surface area contributed by atoms with Gasteiger partial charge in [0.05, 0.1) is 0 Å². The number of nitrogens with one attached hydrogen (secondary N) is 1. The van der Waals surface area contributed by atoms with Crippen LogP contribution >= 0.6 is 0 Å². The zero-order chi connectivity index (χ0) is 17.1. The highest BCUT2D eigenvalue weighted by Gasteiger charge is 2.26. The molecule has 25 heavy (non-hydrogen) atoms. The van der Waals surface area contributed by atoms with Gasteiger partial charge in [0.1, 0.15) is 0 Å². The first kappa shape index (κ1) is 16.4. The zero-order valence-electron chi connectivity index (χ0n) is 15.2. The quantitative estimate of drug-likeness (QED) is 0.609. The van der Waals surface area contributed by atoms with E-state index in [-0.39, 0.29) is 0 Å². The molecule has 0 saturated heterocycles. The molecular formula is C23H28N2. The molecule has 1 aliphatic carbocycles. The molecule has 1 heterocycles. The van der Waals surface area contributed by atoms with Crippen LogP contribution in [0.3, 0.4) is 0 Å². The Hall–Kier alpha value is -2.06. The summed E-state index contributed by atoms with van der Waals surface area (Å²) in [5.74, 6) is 0. The molecule has 2 heteroatoms. The van der Waals surface area contributed by atoms with Gasteiger partial charge in [-0.2, -0.15) is 0 Å². The number of hydrogen-bond acceptors (Lipinski definition) is 1. The molecule has 1 unspecified atom stereocenters. The van der Waals surface area contributed by atoms with E-state index < -0.39 is 0 Å². The number of hydrogen-bond donors (Lipinski definition) is 1. The second kappa shape index (κ2) is 7.45. The Morgan fingerprint density at radius 2 is 1.84 bits per heavy atom. The van der Waals surface area contributed by atoms with Crippen LogP contribution in [0, 0.1) is 0 Å². The Balaban J connectivity index is 1.49. The molecule has 2 aromatic carbocycles. The summed E-state index contributed by atoms with van der Waals surface area (Å²) in [5.41, 5.74) is 5.99. The van der Waals surface area contributed by atoms with Gasteiger partial charge >= 0.3 is 0 Å². The highest BCUT2D eigenvalue weighted by molar-refractivity contribution is 5.86. The Bertz CT molecular complexity index is 799. The summed E-state index contributed by atoms with van der Waals surface area (Å²) in [6.45, 7) is 4.41. The van der Waals surface area contributed by atoms with Gasteiger partial charge in [0.15, 0.2) is 0 Å². The van der Waals surface area contributed by atoms with Gasteiger partial charge in [0.2, 0.25) is 0 Å². The van der Waals surface area contributed by atoms with E-state index in [2.05, 4.69) is 71.4 Å². The summed E-state index contributed by atoms with van der Waals surface area (Å²) >= 11 is 0. The number of rotatable bonds is 6. The summed E-state index contributed by atoms with van der Waals surface area (Å²) in [6, 6.07) is 20.3. The third-order valence-corrected chi connectivity index (χ3v) is 5.56. The van der Waals surface area contributed by atoms with Crippen LogP contribution in [0.4, 0.5) is 0 Å². The van der Waals surface area contributed by atoms with E-state index in [0.717, 1.165) is 19.5 Å². The molecule has 0 bridgehead atoms. The molecule has 1 aliphatic rings. The average Bonchev–Trinajstić information content (AvgIpc) is 3.00. The second-order valence-corrected chi connectivity index (χ2v) is 7.11. The van der Waals surface area contributed by atoms with Crippen molar-refractivity contribution in [2.45, 2.75) is 51.6 Å². The number of fused-ring (bicyclic) bond motifs is 3. The average molecular weight is 332 g/mol. The molecule has 4 rings (SSSR count). The van der Waals surface area contributed by atoms with Gasteiger partial charge in [0, 0.05) is 29.2 Å². The summed E-state index contributed by atoms with van der Waals surface area (Å²) < 4.78 is 2.54. The normalized spacial score (nSPS) is 16.9. The fraction of sp³-hybridized carbons (Fsp3) is 0.391. The van der Waals surface area contributed by atoms with Crippen molar-refractivity contribution in [2.24, 2.45) is 0 Å². The predicted octanol–water partition coefficient (Wildman–Crippen LogP) is 5.26. The van der Waals surface area contributed by atoms with Gasteiger partial charge in [-0.15, -0.1) is 0 Å². The van der Waals surface area contributed by atoms with Crippen molar-refractivity contribution in [1.82, 2.24) is 9.88 Å². The van der Waals surface area contributed by atoms with Crippen molar-refractivity contribution < 1.29 is 0 Å². The van der Waals surface area contributed by atoms with Crippen LogP contribution < -0.4 is 5.32 Å². The van der Waals surface area contributed by atoms with E-state index in [1.54, 1.807) is 11.3 Å². The van der Waals surface area contributed by atoms with Gasteiger partial charge in [0.25, 0.3) is 0 Å². The van der Waals surface area contributed by atoms with Crippen molar-refractivity contribution in [2.75, 3.05) is 6.54 Å². The Morgan fingerprint density at radius 3 is 2.68 bits per heavy atom. The highest BCUT2D eigenvalue weighted by atomic mass is 15.0. The number of aryl methyl sites for hydroxylation is 3. The lowest BCUT2D eigenvalue weighted by atomic mass is 9.91. The second-order valence-electron chi connectivity index (χ2n) is 7.11. The smallest absolute Gasteiger partial charge is 0.0485 e. The van der Waals surface area contributed by atoms with E-state index >= 15 is 0 Å². The molecule has 0 saturated carbocycles. The van der Waals surface area contributed by atoms with Gasteiger partial charge < -0.3 is 9.88 Å². The van der Waals surface area contributed by atoms with Crippen molar-refractivity contribution >= 4 is 10.9 Å². The SMILES string of the molecule is CCn1c2c(c3ccccc31)CCCC2NCCCc1ccccc1. The molecule has 2 nitrogen and oxygen atoms in total. The van der Waals surface area contributed by atoms with Crippen LogP contribution in [0.5, 0.6) is 0 Å². The van der Waals surface area contributed by atoms with Gasteiger partial charge in [-0.05, 0) is 62.8 Å². The Labute approximate surface area is 150 Å². The first-order valence-electron chi connectivity index (χ1n) is 9.75. The number of para-hydroxylation sites is 1. The predicted molar refractivity (Wildman–Crippen MR) is 106 cm³/mol. The minimum absolute atomic E-state index is 0.506. The fourth-order valence-corrected chi connectivity index (χ4v) is 4.43. The monoisotopic (exact) mass is 332 g/mol. The topological polar surface area (TPSA) is 17.0 Å². The van der Waals surface area contributed by atoms with Crippen LogP contribution in [-0.4, -0.2) is 11.1 Å². The molecular weight excluding hydrogens is 304 g/mol. The minimum atomic E-state index is 0.506. The van der Waals surface area contributed by atoms with Crippen molar-refractivity contribution in [3.8, 4) is 0 Å². The molecule has 0 radical (unpaired) electrons. The lowest BCUT2D eigenvalue weighted by Crippen LogP contribution is -2.28. The summed E-state index contributed by atoms with van der Waals surface area (Å²) in [7, 11) is 0. The molecule has 1 N–H and O–H groups in total. The largest absolute Gasteiger partial charge is 0.343 e. The summed E-state index contributed by atoms with van der Waals surface area (Å²) in [4.78, 5) is 0. The molecule has 3 aromatic rings. The maximum atomic E-state index is 3.86. The molecule has 130 valence electrons. The van der Waals surface area contributed by atoms with Crippen molar-refractivity contribution in [3.63, 3.8) is 0 Å². The molecule has 0 amide bonds. The van der Waals surface area contributed by atoms with E-state index in [1.807, 2.05) is 0 Å². The fourth-order valence-electron chi connectivity index (χ4n) is 4.43. The van der Waals surface area contributed by atoms with E-state index in [4.69, 9.17) is 0 Å². The van der Waals surface area contributed by atoms with Crippen LogP contribution in [0.15, 0.2) is 54.6 Å². The van der Waals surface area contributed by atoms with Gasteiger partial charge in [-0.3, -0.25) is 0 Å². The van der Waals surface area contributed by atoms with Crippen LogP contribution in [-0.2, 0) is 19.4 Å². The highest BCUT2D eigenvalue weighted by Crippen LogP contribution is 2.37. The van der Waals surface area contributed by atoms with Crippen LogP contribution in [0.2, 0.25) is 0 Å². The number of benzene rings is 2. The first-order valence-corrected chi connectivity index (χ1v) is 9.75. The van der Waals surface area contributed by atoms with E-state index in [0.29, 0.717) is 6.04 Å². The van der Waals surface area contributed by atoms with Crippen LogP contribution in [0.1, 0.15) is 49.0 Å². The summed E-state index contributed by atoms with van der Waals surface area (Å²) in [5, 5.41) is 5.33. The van der Waals surface area contributed by atoms with E-state index in [9.17, 15) is 0 Å². The van der Waals surface area contributed by atoms with Crippen LogP contribution in [0.25, 0.3) is 10.9 Å². The molecule has 0 fully saturated rings. The number of aromatic nitrogens is 1. The van der Waals surface area contributed by atoms with Crippen molar-refractivity contribution in [3.05, 3.63) is 71.4 Å². The van der Waals surface area contributed by atoms with Gasteiger partial charge in [-0.1, -0.05) is 48.5 Å².